The molecule has 1 N–H and O–H groups in total. The lowest BCUT2D eigenvalue weighted by atomic mass is 9.78. The zero-order valence-electron chi connectivity index (χ0n) is 23.1. The monoisotopic (exact) mass is 518 g/mol. The van der Waals surface area contributed by atoms with Crippen LogP contribution in [0.2, 0.25) is 0 Å². The van der Waals surface area contributed by atoms with Crippen molar-refractivity contribution >= 4 is 11.6 Å². The molecule has 6 nitrogen and oxygen atoms in total. The zero-order chi connectivity index (χ0) is 27.1. The maximum absolute atomic E-state index is 13.8. The number of aromatic nitrogens is 1. The summed E-state index contributed by atoms with van der Waals surface area (Å²) < 4.78 is 11.0. The second kappa shape index (κ2) is 13.1. The second-order valence-corrected chi connectivity index (χ2v) is 11.0. The number of hydrogen-bond donors (Lipinski definition) is 1. The van der Waals surface area contributed by atoms with Gasteiger partial charge >= 0.3 is 0 Å². The van der Waals surface area contributed by atoms with Crippen LogP contribution in [0.4, 0.5) is 5.69 Å². The molecule has 1 aromatic heterocycles. The third kappa shape index (κ3) is 7.04. The smallest absolute Gasteiger partial charge is 0.230 e. The van der Waals surface area contributed by atoms with Gasteiger partial charge in [-0.15, -0.1) is 0 Å². The quantitative estimate of drug-likeness (QED) is 0.283. The number of allylic oxidation sites excluding steroid dienone is 4. The lowest BCUT2D eigenvalue weighted by molar-refractivity contribution is -0.124. The van der Waals surface area contributed by atoms with Crippen LogP contribution in [-0.4, -0.2) is 35.8 Å². The number of rotatable bonds is 9. The van der Waals surface area contributed by atoms with E-state index in [4.69, 9.17) is 9.15 Å². The van der Waals surface area contributed by atoms with E-state index in [0.29, 0.717) is 37.1 Å². The summed E-state index contributed by atoms with van der Waals surface area (Å²) >= 11 is 0. The van der Waals surface area contributed by atoms with Crippen molar-refractivity contribution in [1.29, 1.82) is 0 Å². The highest BCUT2D eigenvalue weighted by Gasteiger charge is 2.32. The molecule has 1 aromatic carbocycles. The molecule has 0 radical (unpaired) electrons. The van der Waals surface area contributed by atoms with Crippen molar-refractivity contribution in [3.63, 3.8) is 0 Å². The molecule has 6 heteroatoms. The lowest BCUT2D eigenvalue weighted by Gasteiger charge is -2.36. The number of anilines is 1. The van der Waals surface area contributed by atoms with E-state index < -0.39 is 0 Å². The van der Waals surface area contributed by atoms with Crippen molar-refractivity contribution in [2.75, 3.05) is 18.6 Å². The third-order valence-corrected chi connectivity index (χ3v) is 8.12. The molecule has 0 unspecified atom stereocenters. The van der Waals surface area contributed by atoms with Gasteiger partial charge in [0.05, 0.1) is 19.4 Å². The van der Waals surface area contributed by atoms with Gasteiger partial charge in [0.1, 0.15) is 12.0 Å². The maximum atomic E-state index is 13.8. The van der Waals surface area contributed by atoms with Crippen LogP contribution >= 0.6 is 0 Å². The Hall–Kier alpha value is -3.12. The molecule has 0 spiro atoms. The molecule has 2 aromatic rings. The molecule has 2 aliphatic rings. The molecule has 0 bridgehead atoms. The molecule has 0 aliphatic heterocycles. The van der Waals surface area contributed by atoms with Crippen LogP contribution in [0.5, 0.6) is 0 Å². The first kappa shape index (κ1) is 27.9. The third-order valence-electron chi connectivity index (χ3n) is 8.12. The van der Waals surface area contributed by atoms with Gasteiger partial charge in [0.2, 0.25) is 11.8 Å². The minimum atomic E-state index is -0.282. The molecule has 38 heavy (non-hydrogen) atoms. The van der Waals surface area contributed by atoms with Crippen molar-refractivity contribution in [3.05, 3.63) is 72.4 Å². The van der Waals surface area contributed by atoms with Crippen LogP contribution in [0.3, 0.4) is 0 Å². The fourth-order valence-electron chi connectivity index (χ4n) is 5.77. The SMILES string of the molecule is C=C(/C=C\C(OC)=C(C)C)C1CCC(CN(C(=O)C2CCC(O)CC2)c2cccc(-c3ncco3)c2)CC1. The van der Waals surface area contributed by atoms with E-state index >= 15 is 0 Å². The number of benzene rings is 1. The van der Waals surface area contributed by atoms with Gasteiger partial charge in [-0.05, 0) is 107 Å². The highest BCUT2D eigenvalue weighted by atomic mass is 16.5. The van der Waals surface area contributed by atoms with Gasteiger partial charge in [-0.25, -0.2) is 4.98 Å². The van der Waals surface area contributed by atoms with Gasteiger partial charge in [-0.1, -0.05) is 24.3 Å². The Morgan fingerprint density at radius 1 is 1.11 bits per heavy atom. The summed E-state index contributed by atoms with van der Waals surface area (Å²) in [5.41, 5.74) is 4.04. The molecule has 2 fully saturated rings. The Balaban J connectivity index is 1.46. The van der Waals surface area contributed by atoms with Gasteiger partial charge in [0, 0.05) is 23.7 Å². The van der Waals surface area contributed by atoms with E-state index in [1.807, 2.05) is 49.1 Å². The molecule has 2 aliphatic carbocycles. The predicted molar refractivity (Wildman–Crippen MR) is 151 cm³/mol. The minimum absolute atomic E-state index is 0.0462. The van der Waals surface area contributed by atoms with E-state index in [1.165, 1.54) is 0 Å². The molecule has 0 atom stereocenters. The van der Waals surface area contributed by atoms with Gasteiger partial charge in [0.25, 0.3) is 0 Å². The van der Waals surface area contributed by atoms with E-state index in [1.54, 1.807) is 19.6 Å². The van der Waals surface area contributed by atoms with Gasteiger partial charge in [-0.2, -0.15) is 0 Å². The number of ether oxygens (including phenoxy) is 1. The minimum Gasteiger partial charge on any atom is -0.497 e. The predicted octanol–water partition coefficient (Wildman–Crippen LogP) is 7.08. The Labute approximate surface area is 227 Å². The van der Waals surface area contributed by atoms with Gasteiger partial charge in [0.15, 0.2) is 0 Å². The summed E-state index contributed by atoms with van der Waals surface area (Å²) in [4.78, 5) is 20.1. The number of methoxy groups -OCH3 is 1. The highest BCUT2D eigenvalue weighted by Crippen LogP contribution is 2.36. The molecular formula is C32H42N2O4. The van der Waals surface area contributed by atoms with E-state index in [2.05, 4.69) is 17.6 Å². The summed E-state index contributed by atoms with van der Waals surface area (Å²) in [6.45, 7) is 9.13. The summed E-state index contributed by atoms with van der Waals surface area (Å²) in [6, 6.07) is 7.95. The first-order valence-electron chi connectivity index (χ1n) is 13.9. The van der Waals surface area contributed by atoms with Crippen molar-refractivity contribution in [2.45, 2.75) is 71.3 Å². The largest absolute Gasteiger partial charge is 0.497 e. The number of nitrogens with zero attached hydrogens (tertiary/aromatic N) is 2. The number of carbonyl (C=O) groups excluding carboxylic acids is 1. The Morgan fingerprint density at radius 2 is 1.82 bits per heavy atom. The van der Waals surface area contributed by atoms with Crippen molar-refractivity contribution in [3.8, 4) is 11.5 Å². The normalized spacial score (nSPS) is 23.7. The Morgan fingerprint density at radius 3 is 2.45 bits per heavy atom. The van der Waals surface area contributed by atoms with Crippen LogP contribution < -0.4 is 4.90 Å². The highest BCUT2D eigenvalue weighted by molar-refractivity contribution is 5.95. The average molecular weight is 519 g/mol. The average Bonchev–Trinajstić information content (AvgIpc) is 3.47. The van der Waals surface area contributed by atoms with Crippen LogP contribution in [0.15, 0.2) is 76.8 Å². The van der Waals surface area contributed by atoms with E-state index in [-0.39, 0.29) is 17.9 Å². The summed E-state index contributed by atoms with van der Waals surface area (Å²) in [5.74, 6) is 2.45. The lowest BCUT2D eigenvalue weighted by Crippen LogP contribution is -2.42. The standard InChI is InChI=1S/C32H42N2O4/c1-22(2)30(37-4)17-8-23(3)25-11-9-24(10-12-25)21-34(32(36)26-13-15-29(35)16-14-26)28-7-5-6-27(20-28)31-33-18-19-38-31/h5-8,17-20,24-26,29,35H,3,9-16,21H2,1-2,4H3/b17-8-. The van der Waals surface area contributed by atoms with Crippen LogP contribution in [0, 0.1) is 17.8 Å². The zero-order valence-corrected chi connectivity index (χ0v) is 23.1. The number of aliphatic hydroxyl groups excluding tert-OH is 1. The second-order valence-electron chi connectivity index (χ2n) is 11.0. The molecule has 204 valence electrons. The van der Waals surface area contributed by atoms with Gasteiger partial charge < -0.3 is 19.2 Å². The van der Waals surface area contributed by atoms with Gasteiger partial charge in [-0.3, -0.25) is 4.79 Å². The topological polar surface area (TPSA) is 75.8 Å². The van der Waals surface area contributed by atoms with Crippen LogP contribution in [-0.2, 0) is 9.53 Å². The summed E-state index contributed by atoms with van der Waals surface area (Å²) in [6.07, 6.45) is 14.2. The molecule has 2 saturated carbocycles. The summed E-state index contributed by atoms with van der Waals surface area (Å²) in [5, 5.41) is 9.98. The van der Waals surface area contributed by atoms with E-state index in [0.717, 1.165) is 66.7 Å². The first-order valence-corrected chi connectivity index (χ1v) is 13.9. The molecular weight excluding hydrogens is 476 g/mol. The number of oxazole rings is 1. The molecule has 0 saturated heterocycles. The van der Waals surface area contributed by atoms with Crippen LogP contribution in [0.1, 0.15) is 65.2 Å². The van der Waals surface area contributed by atoms with Crippen LogP contribution in [0.25, 0.3) is 11.5 Å². The number of amides is 1. The number of hydrogen-bond acceptors (Lipinski definition) is 5. The molecule has 4 rings (SSSR count). The van der Waals surface area contributed by atoms with Crippen molar-refractivity contribution < 1.29 is 19.1 Å². The number of carbonyl (C=O) groups is 1. The fraction of sp³-hybridized carbons (Fsp3) is 0.500. The Bertz CT molecular complexity index is 1130. The molecule has 1 amide bonds. The maximum Gasteiger partial charge on any atom is 0.230 e. The molecule has 1 heterocycles. The van der Waals surface area contributed by atoms with Crippen molar-refractivity contribution in [1.82, 2.24) is 4.98 Å². The Kier molecular flexibility index (Phi) is 9.62. The first-order chi connectivity index (χ1) is 18.4. The van der Waals surface area contributed by atoms with Crippen molar-refractivity contribution in [2.24, 2.45) is 17.8 Å². The fourth-order valence-corrected chi connectivity index (χ4v) is 5.77. The summed E-state index contributed by atoms with van der Waals surface area (Å²) in [7, 11) is 1.70. The van der Waals surface area contributed by atoms with E-state index in [9.17, 15) is 9.90 Å². The number of aliphatic hydroxyl groups is 1.